The van der Waals surface area contributed by atoms with Crippen LogP contribution in [0.2, 0.25) is 0 Å². The zero-order valence-corrected chi connectivity index (χ0v) is 17.7. The van der Waals surface area contributed by atoms with Crippen LogP contribution in [0.3, 0.4) is 0 Å². The van der Waals surface area contributed by atoms with Crippen LogP contribution >= 0.6 is 11.8 Å². The topological polar surface area (TPSA) is 90.8 Å². The number of imidazole rings is 1. The van der Waals surface area contributed by atoms with E-state index in [0.717, 1.165) is 30.0 Å². The average Bonchev–Trinajstić information content (AvgIpc) is 3.11. The molecule has 0 N–H and O–H groups in total. The molecule has 0 aromatic carbocycles. The van der Waals surface area contributed by atoms with Crippen LogP contribution in [-0.2, 0) is 20.6 Å². The third-order valence-electron chi connectivity index (χ3n) is 5.36. The third kappa shape index (κ3) is 3.68. The number of anilines is 1. The minimum Gasteiger partial charge on any atom is -0.342 e. The molecule has 29 heavy (non-hydrogen) atoms. The number of hydrogen-bond acceptors (Lipinski definition) is 7. The molecule has 0 aliphatic carbocycles. The van der Waals surface area contributed by atoms with Gasteiger partial charge in [0.2, 0.25) is 5.95 Å². The molecule has 154 valence electrons. The normalized spacial score (nSPS) is 17.2. The molecule has 1 atom stereocenters. The minimum atomic E-state index is -0.363. The number of piperidine rings is 1. The lowest BCUT2D eigenvalue weighted by Gasteiger charge is -2.32. The Morgan fingerprint density at radius 3 is 2.66 bits per heavy atom. The van der Waals surface area contributed by atoms with Crippen LogP contribution < -0.4 is 16.1 Å². The fourth-order valence-electron chi connectivity index (χ4n) is 3.85. The third-order valence-corrected chi connectivity index (χ3v) is 6.21. The van der Waals surface area contributed by atoms with E-state index in [1.165, 1.54) is 29.8 Å². The van der Waals surface area contributed by atoms with Gasteiger partial charge < -0.3 is 9.47 Å². The fraction of sp³-hybridized carbons (Fsp3) is 0.526. The summed E-state index contributed by atoms with van der Waals surface area (Å²) in [6.45, 7) is 4.60. The van der Waals surface area contributed by atoms with Crippen molar-refractivity contribution in [2.75, 3.05) is 23.7 Å². The molecular formula is C19H25N7O2S. The molecule has 1 aliphatic rings. The lowest BCUT2D eigenvalue weighted by atomic mass is 10.0. The summed E-state index contributed by atoms with van der Waals surface area (Å²) in [5.74, 6) is 2.02. The molecule has 0 spiro atoms. The van der Waals surface area contributed by atoms with Gasteiger partial charge in [-0.2, -0.15) is 4.98 Å². The molecule has 1 fully saturated rings. The molecule has 3 aromatic rings. The fourth-order valence-corrected chi connectivity index (χ4v) is 4.57. The lowest BCUT2D eigenvalue weighted by Crippen LogP contribution is -2.38. The van der Waals surface area contributed by atoms with Gasteiger partial charge in [-0.15, -0.1) is 0 Å². The van der Waals surface area contributed by atoms with Gasteiger partial charge in [-0.25, -0.2) is 14.8 Å². The number of nitrogens with zero attached hydrogens (tertiary/aromatic N) is 7. The van der Waals surface area contributed by atoms with Crippen LogP contribution in [0.5, 0.6) is 0 Å². The molecule has 0 amide bonds. The Balaban J connectivity index is 1.77. The van der Waals surface area contributed by atoms with Crippen molar-refractivity contribution in [3.63, 3.8) is 0 Å². The van der Waals surface area contributed by atoms with Crippen molar-refractivity contribution in [2.45, 2.75) is 31.5 Å². The van der Waals surface area contributed by atoms with Gasteiger partial charge in [0.1, 0.15) is 0 Å². The average molecular weight is 416 g/mol. The minimum absolute atomic E-state index is 0.312. The van der Waals surface area contributed by atoms with Crippen molar-refractivity contribution < 1.29 is 0 Å². The molecule has 0 unspecified atom stereocenters. The van der Waals surface area contributed by atoms with Crippen molar-refractivity contribution in [1.29, 1.82) is 0 Å². The number of aromatic nitrogens is 6. The van der Waals surface area contributed by atoms with E-state index >= 15 is 0 Å². The second kappa shape index (κ2) is 8.02. The predicted molar refractivity (Wildman–Crippen MR) is 114 cm³/mol. The maximum Gasteiger partial charge on any atom is 0.332 e. The first-order chi connectivity index (χ1) is 14.0. The van der Waals surface area contributed by atoms with E-state index < -0.39 is 0 Å². The number of rotatable bonds is 5. The second-order valence-electron chi connectivity index (χ2n) is 7.51. The summed E-state index contributed by atoms with van der Waals surface area (Å²) in [4.78, 5) is 40.8. The highest BCUT2D eigenvalue weighted by Crippen LogP contribution is 2.26. The molecule has 1 saturated heterocycles. The summed E-state index contributed by atoms with van der Waals surface area (Å²) in [7, 11) is 3.17. The molecule has 4 rings (SSSR count). The van der Waals surface area contributed by atoms with Gasteiger partial charge in [-0.05, 0) is 24.8 Å². The highest BCUT2D eigenvalue weighted by atomic mass is 32.2. The lowest BCUT2D eigenvalue weighted by molar-refractivity contribution is 0.438. The highest BCUT2D eigenvalue weighted by Gasteiger charge is 2.25. The quantitative estimate of drug-likeness (QED) is 0.458. The van der Waals surface area contributed by atoms with Crippen LogP contribution in [-0.4, -0.2) is 47.5 Å². The van der Waals surface area contributed by atoms with E-state index in [4.69, 9.17) is 4.98 Å². The van der Waals surface area contributed by atoms with Gasteiger partial charge in [0.15, 0.2) is 16.3 Å². The second-order valence-corrected chi connectivity index (χ2v) is 8.58. The number of aryl methyl sites for hydroxylation is 2. The Kier molecular flexibility index (Phi) is 5.44. The smallest absolute Gasteiger partial charge is 0.332 e. The number of thioether (sulfide) groups is 1. The first-order valence-electron chi connectivity index (χ1n) is 9.78. The van der Waals surface area contributed by atoms with Crippen molar-refractivity contribution in [1.82, 2.24) is 28.7 Å². The van der Waals surface area contributed by atoms with E-state index in [1.807, 2.05) is 4.57 Å². The first-order valence-corrected chi connectivity index (χ1v) is 10.8. The molecule has 0 saturated carbocycles. The summed E-state index contributed by atoms with van der Waals surface area (Å²) in [6, 6.07) is 1.78. The molecule has 3 aromatic heterocycles. The highest BCUT2D eigenvalue weighted by molar-refractivity contribution is 7.99. The summed E-state index contributed by atoms with van der Waals surface area (Å²) in [5, 5.41) is 0.699. The maximum atomic E-state index is 13.0. The van der Waals surface area contributed by atoms with Crippen molar-refractivity contribution in [2.24, 2.45) is 20.0 Å². The van der Waals surface area contributed by atoms with Gasteiger partial charge in [0.25, 0.3) is 5.56 Å². The van der Waals surface area contributed by atoms with Crippen LogP contribution in [0.4, 0.5) is 5.95 Å². The summed E-state index contributed by atoms with van der Waals surface area (Å²) in [5.41, 5.74) is 0.232. The zero-order valence-electron chi connectivity index (χ0n) is 16.9. The molecule has 9 nitrogen and oxygen atoms in total. The SMILES string of the molecule is C[C@H]1CCCN(c2nc3c(c(=O)n(C)c(=O)n3C)n2CCSc2ncccn2)C1. The monoisotopic (exact) mass is 415 g/mol. The van der Waals surface area contributed by atoms with E-state index in [-0.39, 0.29) is 11.2 Å². The molecule has 10 heteroatoms. The van der Waals surface area contributed by atoms with Crippen molar-refractivity contribution >= 4 is 28.9 Å². The molecule has 1 aliphatic heterocycles. The first kappa shape index (κ1) is 19.7. The van der Waals surface area contributed by atoms with Gasteiger partial charge in [-0.1, -0.05) is 18.7 Å². The summed E-state index contributed by atoms with van der Waals surface area (Å²) >= 11 is 1.53. The van der Waals surface area contributed by atoms with Crippen molar-refractivity contribution in [3.05, 3.63) is 39.3 Å². The van der Waals surface area contributed by atoms with Crippen LogP contribution in [0.25, 0.3) is 11.2 Å². The van der Waals surface area contributed by atoms with E-state index in [1.54, 1.807) is 25.5 Å². The Bertz CT molecular complexity index is 1140. The van der Waals surface area contributed by atoms with E-state index in [2.05, 4.69) is 21.8 Å². The largest absolute Gasteiger partial charge is 0.342 e. The summed E-state index contributed by atoms with van der Waals surface area (Å²) in [6.07, 6.45) is 5.72. The van der Waals surface area contributed by atoms with Crippen LogP contribution in [0.15, 0.2) is 33.2 Å². The van der Waals surface area contributed by atoms with E-state index in [0.29, 0.717) is 34.5 Å². The van der Waals surface area contributed by atoms with Crippen molar-refractivity contribution in [3.8, 4) is 0 Å². The van der Waals surface area contributed by atoms with Gasteiger partial charge in [-0.3, -0.25) is 13.9 Å². The Morgan fingerprint density at radius 1 is 1.17 bits per heavy atom. The molecule has 0 bridgehead atoms. The molecular weight excluding hydrogens is 390 g/mol. The van der Waals surface area contributed by atoms with Gasteiger partial charge in [0.05, 0.1) is 0 Å². The summed E-state index contributed by atoms with van der Waals surface area (Å²) < 4.78 is 4.57. The van der Waals surface area contributed by atoms with Gasteiger partial charge in [0, 0.05) is 51.9 Å². The van der Waals surface area contributed by atoms with Gasteiger partial charge >= 0.3 is 5.69 Å². The number of hydrogen-bond donors (Lipinski definition) is 0. The standard InChI is InChI=1S/C19H25N7O2S/c1-13-6-4-9-25(12-13)18-22-15-14(16(27)24(3)19(28)23(15)2)26(18)10-11-29-17-20-7-5-8-21-17/h5,7-8,13H,4,6,9-12H2,1-3H3/t13-/m0/s1. The Hall–Kier alpha value is -2.62. The predicted octanol–water partition coefficient (Wildman–Crippen LogP) is 1.25. The Labute approximate surface area is 172 Å². The number of fused-ring (bicyclic) bond motifs is 1. The molecule has 0 radical (unpaired) electrons. The molecule has 4 heterocycles. The van der Waals surface area contributed by atoms with Crippen LogP contribution in [0.1, 0.15) is 19.8 Å². The van der Waals surface area contributed by atoms with E-state index in [9.17, 15) is 9.59 Å². The maximum absolute atomic E-state index is 13.0. The van der Waals surface area contributed by atoms with Crippen LogP contribution in [0, 0.1) is 5.92 Å². The Morgan fingerprint density at radius 2 is 1.93 bits per heavy atom. The zero-order chi connectivity index (χ0) is 20.5.